The minimum absolute atomic E-state index is 0.123. The highest BCUT2D eigenvalue weighted by Gasteiger charge is 2.45. The Kier molecular flexibility index (Phi) is 7.52. The average Bonchev–Trinajstić information content (AvgIpc) is 2.79. The summed E-state index contributed by atoms with van der Waals surface area (Å²) in [6.45, 7) is 5.54. The molecule has 0 fully saturated rings. The number of ether oxygens (including phenoxy) is 3. The summed E-state index contributed by atoms with van der Waals surface area (Å²) in [7, 11) is 1.56. The summed E-state index contributed by atoms with van der Waals surface area (Å²) in [6.07, 6.45) is -0.626. The van der Waals surface area contributed by atoms with Crippen molar-refractivity contribution in [1.29, 1.82) is 5.26 Å². The molecule has 0 radical (unpaired) electrons. The van der Waals surface area contributed by atoms with Crippen molar-refractivity contribution in [3.63, 3.8) is 0 Å². The maximum absolute atomic E-state index is 12.9. The molecule has 8 heteroatoms. The molecule has 2 aromatic rings. The number of rotatable bonds is 6. The van der Waals surface area contributed by atoms with E-state index in [9.17, 15) is 14.9 Å². The molecule has 0 saturated carbocycles. The van der Waals surface area contributed by atoms with E-state index in [4.69, 9.17) is 14.2 Å². The minimum atomic E-state index is -0.631. The van der Waals surface area contributed by atoms with Gasteiger partial charge in [0.05, 0.1) is 29.5 Å². The fraction of sp³-hybridized carbons (Fsp3) is 0.375. The number of carbonyl (C=O) groups is 2. The highest BCUT2D eigenvalue weighted by Crippen LogP contribution is 2.45. The Morgan fingerprint density at radius 1 is 1.25 bits per heavy atom. The first-order valence-corrected chi connectivity index (χ1v) is 11.9. The maximum Gasteiger partial charge on any atom is 0.310 e. The molecule has 0 N–H and O–H groups in total. The Hall–Kier alpha value is -2.50. The van der Waals surface area contributed by atoms with E-state index in [1.165, 1.54) is 0 Å². The molecular weight excluding hydrogens is 494 g/mol. The zero-order valence-corrected chi connectivity index (χ0v) is 20.7. The largest absolute Gasteiger partial charge is 0.497 e. The lowest BCUT2D eigenvalue weighted by Crippen LogP contribution is -2.47. The van der Waals surface area contributed by atoms with Crippen LogP contribution in [0.15, 0.2) is 42.5 Å². The summed E-state index contributed by atoms with van der Waals surface area (Å²) in [5.41, 5.74) is 1.02. The van der Waals surface area contributed by atoms with Gasteiger partial charge >= 0.3 is 5.97 Å². The van der Waals surface area contributed by atoms with E-state index in [1.54, 1.807) is 56.5 Å². The molecular formula is C24H24BrNO5S. The molecule has 1 heterocycles. The summed E-state index contributed by atoms with van der Waals surface area (Å²) >= 11 is 4.69. The Labute approximate surface area is 200 Å². The second-order valence-corrected chi connectivity index (χ2v) is 10.0. The van der Waals surface area contributed by atoms with Gasteiger partial charge in [0.15, 0.2) is 0 Å². The first-order chi connectivity index (χ1) is 15.2. The lowest BCUT2D eigenvalue weighted by Gasteiger charge is -2.41. The van der Waals surface area contributed by atoms with Crippen LogP contribution in [-0.4, -0.2) is 34.4 Å². The number of alkyl halides is 1. The number of methoxy groups -OCH3 is 1. The Morgan fingerprint density at radius 2 is 1.94 bits per heavy atom. The number of thioether (sulfide) groups is 1. The van der Waals surface area contributed by atoms with E-state index < -0.39 is 23.6 Å². The number of nitriles is 1. The van der Waals surface area contributed by atoms with Crippen molar-refractivity contribution in [2.24, 2.45) is 5.92 Å². The van der Waals surface area contributed by atoms with Crippen LogP contribution in [-0.2, 0) is 9.53 Å². The highest BCUT2D eigenvalue weighted by atomic mass is 79.9. The predicted molar refractivity (Wildman–Crippen MR) is 126 cm³/mol. The predicted octanol–water partition coefficient (Wildman–Crippen LogP) is 5.30. The Morgan fingerprint density at radius 3 is 2.56 bits per heavy atom. The first-order valence-electron chi connectivity index (χ1n) is 10.0. The van der Waals surface area contributed by atoms with Crippen LogP contribution < -0.4 is 9.47 Å². The van der Waals surface area contributed by atoms with Gasteiger partial charge in [0, 0.05) is 16.9 Å². The first kappa shape index (κ1) is 24.1. The number of esters is 1. The molecule has 3 atom stereocenters. The van der Waals surface area contributed by atoms with Crippen molar-refractivity contribution in [3.05, 3.63) is 59.2 Å². The van der Waals surface area contributed by atoms with Crippen LogP contribution in [0.3, 0.4) is 0 Å². The number of nitrogens with zero attached hydrogens (tertiary/aromatic N) is 1. The summed E-state index contributed by atoms with van der Waals surface area (Å²) < 4.78 is 17.0. The van der Waals surface area contributed by atoms with E-state index >= 15 is 0 Å². The van der Waals surface area contributed by atoms with Crippen LogP contribution in [0.5, 0.6) is 11.5 Å². The van der Waals surface area contributed by atoms with Crippen LogP contribution in [0.2, 0.25) is 0 Å². The van der Waals surface area contributed by atoms with E-state index in [0.717, 1.165) is 11.8 Å². The molecule has 168 valence electrons. The smallest absolute Gasteiger partial charge is 0.310 e. The van der Waals surface area contributed by atoms with Gasteiger partial charge in [0.25, 0.3) is 0 Å². The normalized spacial score (nSPS) is 19.6. The topological polar surface area (TPSA) is 85.6 Å². The van der Waals surface area contributed by atoms with Crippen LogP contribution in [0.4, 0.5) is 0 Å². The van der Waals surface area contributed by atoms with Crippen molar-refractivity contribution in [2.75, 3.05) is 12.9 Å². The van der Waals surface area contributed by atoms with E-state index in [2.05, 4.69) is 22.0 Å². The van der Waals surface area contributed by atoms with Gasteiger partial charge in [-0.05, 0) is 56.3 Å². The summed E-state index contributed by atoms with van der Waals surface area (Å²) in [5.74, 6) is 0.621. The van der Waals surface area contributed by atoms with Gasteiger partial charge in [0.1, 0.15) is 23.2 Å². The number of fused-ring (bicyclic) bond motifs is 1. The molecule has 1 aliphatic rings. The molecule has 0 saturated heterocycles. The van der Waals surface area contributed by atoms with Crippen molar-refractivity contribution in [2.45, 2.75) is 37.3 Å². The van der Waals surface area contributed by atoms with Gasteiger partial charge in [-0.15, -0.1) is 0 Å². The van der Waals surface area contributed by atoms with Crippen LogP contribution in [0.1, 0.15) is 48.4 Å². The fourth-order valence-corrected chi connectivity index (χ4v) is 4.57. The van der Waals surface area contributed by atoms with Gasteiger partial charge in [-0.1, -0.05) is 34.6 Å². The summed E-state index contributed by atoms with van der Waals surface area (Å²) in [6, 6.07) is 14.0. The summed E-state index contributed by atoms with van der Waals surface area (Å²) in [5, 5.41) is 9.13. The molecule has 0 amide bonds. The van der Waals surface area contributed by atoms with Gasteiger partial charge in [-0.25, -0.2) is 0 Å². The third kappa shape index (κ3) is 5.28. The van der Waals surface area contributed by atoms with Crippen LogP contribution >= 0.6 is 27.7 Å². The molecule has 0 bridgehead atoms. The van der Waals surface area contributed by atoms with Crippen LogP contribution in [0, 0.1) is 17.2 Å². The lowest BCUT2D eigenvalue weighted by atomic mass is 9.90. The molecule has 3 rings (SSSR count). The lowest BCUT2D eigenvalue weighted by molar-refractivity contribution is -0.156. The summed E-state index contributed by atoms with van der Waals surface area (Å²) in [4.78, 5) is 25.0. The van der Waals surface area contributed by atoms with Crippen LogP contribution in [0.25, 0.3) is 0 Å². The zero-order valence-electron chi connectivity index (χ0n) is 18.3. The van der Waals surface area contributed by atoms with Gasteiger partial charge in [-0.2, -0.15) is 5.26 Å². The standard InChI is InChI=1S/C24H24BrNO5S/c1-14(13-32-23(28)16-6-8-17(29-4)9-7-16)22(27)30-20-18-11-15(12-26)5-10-19(18)31-24(2,3)21(20)25/h5-11,14,20-21H,13H2,1-4H3/t14-,20-,21+/m1/s1. The third-order valence-electron chi connectivity index (χ3n) is 5.18. The molecule has 0 aromatic heterocycles. The molecule has 0 aliphatic carbocycles. The van der Waals surface area contributed by atoms with E-state index in [-0.39, 0.29) is 15.7 Å². The Bertz CT molecular complexity index is 1050. The highest BCUT2D eigenvalue weighted by molar-refractivity contribution is 9.09. The second-order valence-electron chi connectivity index (χ2n) is 8.06. The zero-order chi connectivity index (χ0) is 23.5. The number of hydrogen-bond acceptors (Lipinski definition) is 7. The van der Waals surface area contributed by atoms with Crippen molar-refractivity contribution in [1.82, 2.24) is 0 Å². The average molecular weight is 518 g/mol. The maximum atomic E-state index is 12.9. The van der Waals surface area contributed by atoms with Gasteiger partial charge < -0.3 is 14.2 Å². The number of carbonyl (C=O) groups excluding carboxylic acids is 2. The Balaban J connectivity index is 1.68. The number of benzene rings is 2. The number of halogens is 1. The van der Waals surface area contributed by atoms with Gasteiger partial charge in [-0.3, -0.25) is 9.59 Å². The van der Waals surface area contributed by atoms with E-state index in [0.29, 0.717) is 28.2 Å². The SMILES string of the molecule is COc1ccc(C(=O)SC[C@@H](C)C(=O)O[C@@H]2c3cc(C#N)ccc3OC(C)(C)[C@H]2Br)cc1. The van der Waals surface area contributed by atoms with Crippen molar-refractivity contribution >= 4 is 38.8 Å². The monoisotopic (exact) mass is 517 g/mol. The molecule has 0 spiro atoms. The molecule has 6 nitrogen and oxygen atoms in total. The van der Waals surface area contributed by atoms with Crippen molar-refractivity contribution in [3.8, 4) is 17.6 Å². The quantitative estimate of drug-likeness (QED) is 0.379. The van der Waals surface area contributed by atoms with Gasteiger partial charge in [0.2, 0.25) is 5.12 Å². The number of hydrogen-bond donors (Lipinski definition) is 0. The molecule has 1 aliphatic heterocycles. The fourth-order valence-electron chi connectivity index (χ4n) is 3.24. The van der Waals surface area contributed by atoms with Crippen molar-refractivity contribution < 1.29 is 23.8 Å². The molecule has 0 unspecified atom stereocenters. The molecule has 2 aromatic carbocycles. The van der Waals surface area contributed by atoms with E-state index in [1.807, 2.05) is 13.8 Å². The minimum Gasteiger partial charge on any atom is -0.497 e. The third-order valence-corrected chi connectivity index (χ3v) is 7.93. The molecule has 32 heavy (non-hydrogen) atoms. The second kappa shape index (κ2) is 9.97.